The van der Waals surface area contributed by atoms with Gasteiger partial charge in [0.25, 0.3) is 0 Å². The molecule has 0 saturated carbocycles. The minimum Gasteiger partial charge on any atom is -0.411 e. The van der Waals surface area contributed by atoms with Crippen molar-refractivity contribution in [2.24, 2.45) is 5.16 Å². The molecular formula is C6H5FNO. The van der Waals surface area contributed by atoms with E-state index in [4.69, 9.17) is 5.21 Å². The molecule has 0 fully saturated rings. The average molecular weight is 126 g/mol. The highest BCUT2D eigenvalue weighted by atomic mass is 19.1. The molecule has 2 nitrogen and oxygen atoms in total. The average Bonchev–Trinajstić information content (AvgIpc) is 1.88. The van der Waals surface area contributed by atoms with Crippen LogP contribution in [0.25, 0.3) is 0 Å². The number of hydrogen-bond acceptors (Lipinski definition) is 2. The molecule has 0 bridgehead atoms. The summed E-state index contributed by atoms with van der Waals surface area (Å²) in [5, 5.41) is 10.9. The van der Waals surface area contributed by atoms with E-state index < -0.39 is 0 Å². The second-order valence-corrected chi connectivity index (χ2v) is 1.65. The normalized spacial score (nSPS) is 22.3. The van der Waals surface area contributed by atoms with E-state index in [9.17, 15) is 4.39 Å². The van der Waals surface area contributed by atoms with Crippen molar-refractivity contribution in [2.45, 2.75) is 6.42 Å². The van der Waals surface area contributed by atoms with Crippen LogP contribution in [0.3, 0.4) is 0 Å². The van der Waals surface area contributed by atoms with Gasteiger partial charge in [-0.2, -0.15) is 0 Å². The Labute approximate surface area is 52.0 Å². The summed E-state index contributed by atoms with van der Waals surface area (Å²) in [6, 6.07) is 0. The Morgan fingerprint density at radius 2 is 2.56 bits per heavy atom. The van der Waals surface area contributed by atoms with Gasteiger partial charge in [0, 0.05) is 12.5 Å². The van der Waals surface area contributed by atoms with Gasteiger partial charge >= 0.3 is 0 Å². The van der Waals surface area contributed by atoms with Gasteiger partial charge < -0.3 is 5.21 Å². The minimum absolute atomic E-state index is 0.0486. The number of oxime groups is 1. The van der Waals surface area contributed by atoms with Gasteiger partial charge in [-0.25, -0.2) is 4.39 Å². The molecule has 1 N–H and O–H groups in total. The first kappa shape index (κ1) is 6.01. The first-order chi connectivity index (χ1) is 4.33. The van der Waals surface area contributed by atoms with E-state index in [1.54, 1.807) is 0 Å². The Kier molecular flexibility index (Phi) is 1.63. The maximum atomic E-state index is 12.2. The molecule has 0 aromatic heterocycles. The molecule has 1 aliphatic rings. The van der Waals surface area contributed by atoms with Gasteiger partial charge in [-0.1, -0.05) is 5.16 Å². The molecule has 0 spiro atoms. The molecule has 0 saturated heterocycles. The van der Waals surface area contributed by atoms with Gasteiger partial charge in [-0.05, 0) is 12.2 Å². The summed E-state index contributed by atoms with van der Waals surface area (Å²) >= 11 is 0. The van der Waals surface area contributed by atoms with Crippen LogP contribution in [0.5, 0.6) is 0 Å². The molecule has 1 aliphatic carbocycles. The summed E-state index contributed by atoms with van der Waals surface area (Å²) in [6.45, 7) is 0. The fourth-order valence-corrected chi connectivity index (χ4v) is 0.562. The van der Waals surface area contributed by atoms with Crippen LogP contribution in [0.1, 0.15) is 6.42 Å². The largest absolute Gasteiger partial charge is 0.411 e. The highest BCUT2D eigenvalue weighted by Crippen LogP contribution is 2.09. The number of hydrogen-bond donors (Lipinski definition) is 1. The molecule has 0 aliphatic heterocycles. The van der Waals surface area contributed by atoms with Crippen LogP contribution < -0.4 is 0 Å². The topological polar surface area (TPSA) is 32.6 Å². The molecule has 3 heteroatoms. The maximum absolute atomic E-state index is 12.2. The predicted octanol–water partition coefficient (Wildman–Crippen LogP) is 1.43. The van der Waals surface area contributed by atoms with E-state index in [1.807, 2.05) is 0 Å². The second-order valence-electron chi connectivity index (χ2n) is 1.65. The van der Waals surface area contributed by atoms with E-state index in [0.717, 1.165) is 0 Å². The predicted molar refractivity (Wildman–Crippen MR) is 30.8 cm³/mol. The van der Waals surface area contributed by atoms with Crippen LogP contribution >= 0.6 is 0 Å². The van der Waals surface area contributed by atoms with E-state index in [2.05, 4.69) is 11.2 Å². The minimum atomic E-state index is -0.304. The van der Waals surface area contributed by atoms with Gasteiger partial charge in [0.2, 0.25) is 0 Å². The molecule has 0 aromatic carbocycles. The van der Waals surface area contributed by atoms with E-state index in [0.29, 0.717) is 0 Å². The number of allylic oxidation sites excluding steroid dienone is 4. The molecule has 0 aromatic rings. The van der Waals surface area contributed by atoms with Gasteiger partial charge in [0.05, 0.1) is 5.71 Å². The lowest BCUT2D eigenvalue weighted by Gasteiger charge is -1.98. The summed E-state index contributed by atoms with van der Waals surface area (Å²) in [4.78, 5) is 0. The molecule has 0 unspecified atom stereocenters. The summed E-state index contributed by atoms with van der Waals surface area (Å²) in [5.74, 6) is -0.304. The zero-order valence-corrected chi connectivity index (χ0v) is 4.63. The van der Waals surface area contributed by atoms with Gasteiger partial charge in [0.15, 0.2) is 0 Å². The Morgan fingerprint density at radius 1 is 1.78 bits per heavy atom. The molecular weight excluding hydrogens is 121 g/mol. The maximum Gasteiger partial charge on any atom is 0.106 e. The summed E-state index contributed by atoms with van der Waals surface area (Å²) in [5.41, 5.74) is 0.231. The SMILES string of the molecule is ON=C1[C]=CC=C(F)C1. The van der Waals surface area contributed by atoms with Gasteiger partial charge in [0.1, 0.15) is 5.83 Å². The Bertz CT molecular complexity index is 193. The van der Waals surface area contributed by atoms with Crippen molar-refractivity contribution in [1.82, 2.24) is 0 Å². The van der Waals surface area contributed by atoms with Crippen LogP contribution in [-0.4, -0.2) is 10.9 Å². The van der Waals surface area contributed by atoms with Crippen molar-refractivity contribution in [1.29, 1.82) is 0 Å². The van der Waals surface area contributed by atoms with Gasteiger partial charge in [-0.15, -0.1) is 0 Å². The fraction of sp³-hybridized carbons (Fsp3) is 0.167. The van der Waals surface area contributed by atoms with Crippen LogP contribution in [0.15, 0.2) is 23.1 Å². The second kappa shape index (κ2) is 2.44. The third-order valence-electron chi connectivity index (χ3n) is 0.971. The monoisotopic (exact) mass is 126 g/mol. The summed E-state index contributed by atoms with van der Waals surface area (Å²) in [7, 11) is 0. The Balaban J connectivity index is 2.73. The fourth-order valence-electron chi connectivity index (χ4n) is 0.562. The standard InChI is InChI=1S/C6H5FNO/c7-5-2-1-3-6(4-5)8-9/h1-2,9H,4H2. The first-order valence-electron chi connectivity index (χ1n) is 2.48. The number of halogens is 1. The van der Waals surface area contributed by atoms with Crippen molar-refractivity contribution < 1.29 is 9.60 Å². The third kappa shape index (κ3) is 1.38. The highest BCUT2D eigenvalue weighted by molar-refractivity contribution is 5.93. The molecule has 1 radical (unpaired) electrons. The zero-order chi connectivity index (χ0) is 6.69. The summed E-state index contributed by atoms with van der Waals surface area (Å²) < 4.78 is 12.2. The molecule has 0 heterocycles. The lowest BCUT2D eigenvalue weighted by Crippen LogP contribution is -1.97. The quantitative estimate of drug-likeness (QED) is 0.386. The smallest absolute Gasteiger partial charge is 0.106 e. The lowest BCUT2D eigenvalue weighted by molar-refractivity contribution is 0.318. The van der Waals surface area contributed by atoms with Crippen molar-refractivity contribution >= 4 is 5.71 Å². The van der Waals surface area contributed by atoms with E-state index >= 15 is 0 Å². The van der Waals surface area contributed by atoms with Gasteiger partial charge in [-0.3, -0.25) is 0 Å². The molecule has 1 rings (SSSR count). The van der Waals surface area contributed by atoms with Crippen LogP contribution in [0.2, 0.25) is 0 Å². The van der Waals surface area contributed by atoms with E-state index in [1.165, 1.54) is 12.2 Å². The third-order valence-corrected chi connectivity index (χ3v) is 0.971. The van der Waals surface area contributed by atoms with Crippen LogP contribution in [-0.2, 0) is 0 Å². The van der Waals surface area contributed by atoms with Crippen LogP contribution in [0, 0.1) is 6.08 Å². The van der Waals surface area contributed by atoms with Crippen molar-refractivity contribution in [3.63, 3.8) is 0 Å². The highest BCUT2D eigenvalue weighted by Gasteiger charge is 2.03. The van der Waals surface area contributed by atoms with Crippen molar-refractivity contribution in [3.05, 3.63) is 24.1 Å². The molecule has 47 valence electrons. The van der Waals surface area contributed by atoms with E-state index in [-0.39, 0.29) is 18.0 Å². The number of nitrogens with zero attached hydrogens (tertiary/aromatic N) is 1. The zero-order valence-electron chi connectivity index (χ0n) is 4.63. The van der Waals surface area contributed by atoms with Crippen molar-refractivity contribution in [3.8, 4) is 0 Å². The Hall–Kier alpha value is -1.12. The van der Waals surface area contributed by atoms with Crippen LogP contribution in [0.4, 0.5) is 4.39 Å². The Morgan fingerprint density at radius 3 is 3.00 bits per heavy atom. The summed E-state index contributed by atoms with van der Waals surface area (Å²) in [6.07, 6.45) is 5.28. The first-order valence-corrected chi connectivity index (χ1v) is 2.48. The lowest BCUT2D eigenvalue weighted by atomic mass is 10.1. The number of rotatable bonds is 0. The molecule has 0 atom stereocenters. The molecule has 0 amide bonds. The van der Waals surface area contributed by atoms with Crippen molar-refractivity contribution in [2.75, 3.05) is 0 Å². The molecule has 9 heavy (non-hydrogen) atoms.